The molecule has 0 atom stereocenters. The van der Waals surface area contributed by atoms with Gasteiger partial charge in [0.25, 0.3) is 0 Å². The summed E-state index contributed by atoms with van der Waals surface area (Å²) in [6, 6.07) is 8.08. The summed E-state index contributed by atoms with van der Waals surface area (Å²) in [5.41, 5.74) is 3.38. The number of benzene rings is 1. The van der Waals surface area contributed by atoms with Crippen molar-refractivity contribution in [2.45, 2.75) is 39.2 Å². The highest BCUT2D eigenvalue weighted by atomic mass is 35.5. The normalized spacial score (nSPS) is 13.2. The summed E-state index contributed by atoms with van der Waals surface area (Å²) < 4.78 is 0. The standard InChI is InChI=1S/C22H22ClN3O2S2/c1-14-2-3-15(11-18(14)23)10-17-12-24-22(30-17)25-20(27)4-5-21(28)26-8-6-19-16(13-26)7-9-29-19/h2-3,7,9,11-12H,4-6,8,10,13H2,1H3,(H,24,25,27). The Labute approximate surface area is 188 Å². The van der Waals surface area contributed by atoms with Crippen LogP contribution in [-0.4, -0.2) is 28.2 Å². The van der Waals surface area contributed by atoms with Gasteiger partial charge in [-0.15, -0.1) is 22.7 Å². The Kier molecular flexibility index (Phi) is 6.51. The van der Waals surface area contributed by atoms with Gasteiger partial charge in [0.2, 0.25) is 11.8 Å². The minimum absolute atomic E-state index is 0.0260. The van der Waals surface area contributed by atoms with Crippen molar-refractivity contribution < 1.29 is 9.59 Å². The summed E-state index contributed by atoms with van der Waals surface area (Å²) in [5.74, 6) is -0.158. The third-order valence-corrected chi connectivity index (χ3v) is 7.48. The summed E-state index contributed by atoms with van der Waals surface area (Å²) in [6.07, 6.45) is 3.76. The van der Waals surface area contributed by atoms with Crippen molar-refractivity contribution in [1.82, 2.24) is 9.88 Å². The minimum atomic E-state index is -0.184. The number of halogens is 1. The highest BCUT2D eigenvalue weighted by Gasteiger charge is 2.22. The molecule has 1 aliphatic heterocycles. The van der Waals surface area contributed by atoms with Crippen LogP contribution >= 0.6 is 34.3 Å². The number of hydrogen-bond donors (Lipinski definition) is 1. The average Bonchev–Trinajstić information content (AvgIpc) is 3.37. The molecule has 0 unspecified atom stereocenters. The van der Waals surface area contributed by atoms with Crippen LogP contribution in [0, 0.1) is 6.92 Å². The van der Waals surface area contributed by atoms with Crippen molar-refractivity contribution in [3.05, 3.63) is 67.3 Å². The fourth-order valence-electron chi connectivity index (χ4n) is 3.42. The van der Waals surface area contributed by atoms with Crippen molar-refractivity contribution >= 4 is 51.2 Å². The Morgan fingerprint density at radius 2 is 2.13 bits per heavy atom. The van der Waals surface area contributed by atoms with Crippen molar-refractivity contribution in [1.29, 1.82) is 0 Å². The lowest BCUT2D eigenvalue weighted by Crippen LogP contribution is -2.35. The first-order chi connectivity index (χ1) is 14.5. The summed E-state index contributed by atoms with van der Waals surface area (Å²) in [7, 11) is 0. The predicted molar refractivity (Wildman–Crippen MR) is 122 cm³/mol. The van der Waals surface area contributed by atoms with E-state index in [9.17, 15) is 9.59 Å². The Hall–Kier alpha value is -2.22. The molecule has 1 aliphatic rings. The lowest BCUT2D eigenvalue weighted by atomic mass is 10.1. The van der Waals surface area contributed by atoms with Gasteiger partial charge in [-0.05, 0) is 47.5 Å². The lowest BCUT2D eigenvalue weighted by molar-refractivity contribution is -0.133. The number of fused-ring (bicyclic) bond motifs is 1. The van der Waals surface area contributed by atoms with E-state index in [1.807, 2.05) is 30.0 Å². The van der Waals surface area contributed by atoms with Gasteiger partial charge < -0.3 is 10.2 Å². The molecule has 30 heavy (non-hydrogen) atoms. The van der Waals surface area contributed by atoms with Gasteiger partial charge in [-0.2, -0.15) is 0 Å². The molecule has 2 amide bonds. The van der Waals surface area contributed by atoms with Gasteiger partial charge in [0.15, 0.2) is 5.13 Å². The SMILES string of the molecule is Cc1ccc(Cc2cnc(NC(=O)CCC(=O)N3CCc4sccc4C3)s2)cc1Cl. The molecule has 3 aromatic rings. The molecule has 0 bridgehead atoms. The first kappa shape index (κ1) is 21.0. The van der Waals surface area contributed by atoms with Crippen LogP contribution in [0.15, 0.2) is 35.8 Å². The minimum Gasteiger partial charge on any atom is -0.338 e. The molecule has 8 heteroatoms. The van der Waals surface area contributed by atoms with E-state index in [0.717, 1.165) is 34.0 Å². The highest BCUT2D eigenvalue weighted by Crippen LogP contribution is 2.25. The number of carbonyl (C=O) groups is 2. The number of nitrogens with zero attached hydrogens (tertiary/aromatic N) is 2. The highest BCUT2D eigenvalue weighted by molar-refractivity contribution is 7.15. The van der Waals surface area contributed by atoms with Crippen molar-refractivity contribution in [3.63, 3.8) is 0 Å². The van der Waals surface area contributed by atoms with Crippen LogP contribution in [-0.2, 0) is 29.0 Å². The Bertz CT molecular complexity index is 1080. The van der Waals surface area contributed by atoms with Gasteiger partial charge in [-0.25, -0.2) is 4.98 Å². The molecule has 1 aromatic carbocycles. The van der Waals surface area contributed by atoms with E-state index in [-0.39, 0.29) is 24.7 Å². The van der Waals surface area contributed by atoms with Gasteiger partial charge in [0.1, 0.15) is 0 Å². The number of aromatic nitrogens is 1. The number of anilines is 1. The first-order valence-electron chi connectivity index (χ1n) is 9.80. The maximum absolute atomic E-state index is 12.5. The van der Waals surface area contributed by atoms with Crippen molar-refractivity contribution in [2.24, 2.45) is 0 Å². The van der Waals surface area contributed by atoms with E-state index < -0.39 is 0 Å². The third-order valence-electron chi connectivity index (χ3n) is 5.14. The van der Waals surface area contributed by atoms with Crippen LogP contribution in [0.5, 0.6) is 0 Å². The molecule has 0 saturated carbocycles. The molecule has 5 nitrogen and oxygen atoms in total. The number of rotatable bonds is 6. The molecule has 3 heterocycles. The molecule has 0 aliphatic carbocycles. The van der Waals surface area contributed by atoms with Crippen molar-refractivity contribution in [3.8, 4) is 0 Å². The Balaban J connectivity index is 1.25. The van der Waals surface area contributed by atoms with Gasteiger partial charge in [-0.1, -0.05) is 23.7 Å². The van der Waals surface area contributed by atoms with Crippen LogP contribution in [0.25, 0.3) is 0 Å². The molecule has 0 radical (unpaired) electrons. The number of hydrogen-bond acceptors (Lipinski definition) is 5. The predicted octanol–water partition coefficient (Wildman–Crippen LogP) is 5.06. The van der Waals surface area contributed by atoms with Crippen molar-refractivity contribution in [2.75, 3.05) is 11.9 Å². The molecule has 2 aromatic heterocycles. The van der Waals surface area contributed by atoms with Crippen LogP contribution in [0.4, 0.5) is 5.13 Å². The quantitative estimate of drug-likeness (QED) is 0.560. The van der Waals surface area contributed by atoms with Gasteiger partial charge in [-0.3, -0.25) is 9.59 Å². The zero-order chi connectivity index (χ0) is 21.1. The molecule has 0 fully saturated rings. The molecule has 4 rings (SSSR count). The van der Waals surface area contributed by atoms with Gasteiger partial charge >= 0.3 is 0 Å². The zero-order valence-corrected chi connectivity index (χ0v) is 19.0. The Morgan fingerprint density at radius 1 is 1.27 bits per heavy atom. The molecular weight excluding hydrogens is 438 g/mol. The second-order valence-corrected chi connectivity index (χ2v) is 9.90. The first-order valence-corrected chi connectivity index (χ1v) is 11.9. The second kappa shape index (κ2) is 9.29. The third kappa shape index (κ3) is 5.09. The van der Waals surface area contributed by atoms with Crippen LogP contribution < -0.4 is 5.32 Å². The number of thiophene rings is 1. The monoisotopic (exact) mass is 459 g/mol. The van der Waals surface area contributed by atoms with Crippen LogP contribution in [0.1, 0.15) is 39.3 Å². The topological polar surface area (TPSA) is 62.3 Å². The Morgan fingerprint density at radius 3 is 2.97 bits per heavy atom. The smallest absolute Gasteiger partial charge is 0.226 e. The summed E-state index contributed by atoms with van der Waals surface area (Å²) >= 11 is 9.38. The fraction of sp³-hybridized carbons (Fsp3) is 0.318. The van der Waals surface area contributed by atoms with Crippen LogP contribution in [0.2, 0.25) is 5.02 Å². The maximum atomic E-state index is 12.5. The van der Waals surface area contributed by atoms with E-state index >= 15 is 0 Å². The molecule has 156 valence electrons. The van der Waals surface area contributed by atoms with E-state index in [2.05, 4.69) is 21.7 Å². The molecule has 0 saturated heterocycles. The average molecular weight is 460 g/mol. The largest absolute Gasteiger partial charge is 0.338 e. The zero-order valence-electron chi connectivity index (χ0n) is 16.6. The molecule has 1 N–H and O–H groups in total. The molecular formula is C22H22ClN3O2S2. The van der Waals surface area contributed by atoms with Gasteiger partial charge in [0, 0.05) is 53.3 Å². The number of aryl methyl sites for hydroxylation is 1. The lowest BCUT2D eigenvalue weighted by Gasteiger charge is -2.27. The molecule has 0 spiro atoms. The van der Waals surface area contributed by atoms with E-state index in [1.165, 1.54) is 21.8 Å². The maximum Gasteiger partial charge on any atom is 0.226 e. The van der Waals surface area contributed by atoms with Crippen LogP contribution in [0.3, 0.4) is 0 Å². The van der Waals surface area contributed by atoms with Gasteiger partial charge in [0.05, 0.1) is 0 Å². The van der Waals surface area contributed by atoms with E-state index in [0.29, 0.717) is 18.1 Å². The van der Waals surface area contributed by atoms with E-state index in [1.54, 1.807) is 17.5 Å². The number of amides is 2. The number of carbonyl (C=O) groups excluding carboxylic acids is 2. The second-order valence-electron chi connectivity index (χ2n) is 7.37. The summed E-state index contributed by atoms with van der Waals surface area (Å²) in [5, 5.41) is 6.19. The summed E-state index contributed by atoms with van der Waals surface area (Å²) in [6.45, 7) is 3.35. The van der Waals surface area contributed by atoms with E-state index in [4.69, 9.17) is 11.6 Å². The number of thiazole rings is 1. The fourth-order valence-corrected chi connectivity index (χ4v) is 5.37. The summed E-state index contributed by atoms with van der Waals surface area (Å²) in [4.78, 5) is 33.3. The number of nitrogens with one attached hydrogen (secondary N) is 1.